The summed E-state index contributed by atoms with van der Waals surface area (Å²) in [6.07, 6.45) is 3.34. The zero-order valence-corrected chi connectivity index (χ0v) is 15.7. The van der Waals surface area contributed by atoms with Crippen LogP contribution in [0.5, 0.6) is 0 Å². The summed E-state index contributed by atoms with van der Waals surface area (Å²) < 4.78 is 2.10. The van der Waals surface area contributed by atoms with Gasteiger partial charge in [-0.15, -0.1) is 0 Å². The van der Waals surface area contributed by atoms with Gasteiger partial charge >= 0.3 is 0 Å². The largest absolute Gasteiger partial charge is 0.356 e. The Bertz CT molecular complexity index is 1040. The number of hydrogen-bond donors (Lipinski definition) is 0. The third-order valence-corrected chi connectivity index (χ3v) is 6.29. The van der Waals surface area contributed by atoms with Crippen molar-refractivity contribution in [3.63, 3.8) is 0 Å². The molecular formula is C23H25N3O. The fourth-order valence-corrected chi connectivity index (χ4v) is 5.13. The lowest BCUT2D eigenvalue weighted by atomic mass is 9.77. The van der Waals surface area contributed by atoms with E-state index >= 15 is 0 Å². The number of piperidine rings is 1. The molecule has 138 valence electrons. The van der Waals surface area contributed by atoms with Crippen molar-refractivity contribution in [2.24, 2.45) is 5.92 Å². The molecule has 4 heterocycles. The van der Waals surface area contributed by atoms with Crippen LogP contribution in [0, 0.1) is 5.92 Å². The first-order valence-electron chi connectivity index (χ1n) is 10.1. The maximum absolute atomic E-state index is 12.6. The molecule has 0 aliphatic carbocycles. The Morgan fingerprint density at radius 2 is 1.93 bits per heavy atom. The number of nitrogens with zero attached hydrogens (tertiary/aromatic N) is 3. The molecule has 3 atom stereocenters. The molecule has 1 fully saturated rings. The van der Waals surface area contributed by atoms with Gasteiger partial charge in [-0.25, -0.2) is 4.98 Å². The molecule has 2 aromatic heterocycles. The Kier molecular flexibility index (Phi) is 4.00. The van der Waals surface area contributed by atoms with Crippen molar-refractivity contribution in [1.82, 2.24) is 9.55 Å². The summed E-state index contributed by atoms with van der Waals surface area (Å²) in [5.74, 6) is 1.97. The minimum absolute atomic E-state index is 0.165. The molecule has 3 aromatic rings. The number of hydrogen-bond acceptors (Lipinski definition) is 3. The predicted octanol–water partition coefficient (Wildman–Crippen LogP) is 4.36. The second-order valence-corrected chi connectivity index (χ2v) is 7.97. The van der Waals surface area contributed by atoms with Gasteiger partial charge in [-0.05, 0) is 43.0 Å². The molecule has 2 aliphatic rings. The van der Waals surface area contributed by atoms with Crippen LogP contribution in [-0.2, 0) is 0 Å². The summed E-state index contributed by atoms with van der Waals surface area (Å²) in [5, 5.41) is 1.18. The Hall–Kier alpha value is -2.62. The molecule has 0 amide bonds. The minimum atomic E-state index is 0.165. The van der Waals surface area contributed by atoms with Gasteiger partial charge in [0.2, 0.25) is 0 Å². The van der Waals surface area contributed by atoms with Gasteiger partial charge in [0, 0.05) is 42.2 Å². The maximum atomic E-state index is 12.6. The normalized spacial score (nSPS) is 24.0. The molecule has 5 rings (SSSR count). The molecular weight excluding hydrogens is 334 g/mol. The van der Waals surface area contributed by atoms with Crippen molar-refractivity contribution in [3.05, 3.63) is 70.6 Å². The van der Waals surface area contributed by atoms with Crippen LogP contribution in [0.3, 0.4) is 0 Å². The molecule has 0 spiro atoms. The fraction of sp³-hybridized carbons (Fsp3) is 0.391. The van der Waals surface area contributed by atoms with Crippen molar-refractivity contribution in [3.8, 4) is 0 Å². The number of fused-ring (bicyclic) bond motifs is 5. The van der Waals surface area contributed by atoms with E-state index in [1.807, 2.05) is 12.1 Å². The summed E-state index contributed by atoms with van der Waals surface area (Å²) in [7, 11) is 0. The topological polar surface area (TPSA) is 38.1 Å². The second kappa shape index (κ2) is 6.52. The van der Waals surface area contributed by atoms with Crippen LogP contribution in [0.2, 0.25) is 0 Å². The molecule has 0 radical (unpaired) electrons. The average Bonchev–Trinajstić information content (AvgIpc) is 2.71. The van der Waals surface area contributed by atoms with E-state index in [2.05, 4.69) is 52.8 Å². The maximum Gasteiger partial charge on any atom is 0.250 e. The lowest BCUT2D eigenvalue weighted by Gasteiger charge is -2.47. The van der Waals surface area contributed by atoms with Crippen molar-refractivity contribution < 1.29 is 0 Å². The Balaban J connectivity index is 1.55. The van der Waals surface area contributed by atoms with Crippen molar-refractivity contribution in [2.75, 3.05) is 18.0 Å². The lowest BCUT2D eigenvalue weighted by molar-refractivity contribution is 0.201. The van der Waals surface area contributed by atoms with Gasteiger partial charge in [0.15, 0.2) is 0 Å². The molecule has 4 heteroatoms. The summed E-state index contributed by atoms with van der Waals surface area (Å²) in [5.41, 5.74) is 2.42. The van der Waals surface area contributed by atoms with Gasteiger partial charge in [-0.3, -0.25) is 4.79 Å². The molecule has 27 heavy (non-hydrogen) atoms. The number of benzene rings is 1. The molecule has 2 bridgehead atoms. The Labute approximate surface area is 159 Å². The first-order valence-corrected chi connectivity index (χ1v) is 10.1. The van der Waals surface area contributed by atoms with Gasteiger partial charge in [-0.2, -0.15) is 0 Å². The average molecular weight is 359 g/mol. The number of rotatable bonds is 3. The predicted molar refractivity (Wildman–Crippen MR) is 109 cm³/mol. The quantitative estimate of drug-likeness (QED) is 0.697. The monoisotopic (exact) mass is 359 g/mol. The Morgan fingerprint density at radius 1 is 1.04 bits per heavy atom. The smallest absolute Gasteiger partial charge is 0.250 e. The molecule has 0 saturated carbocycles. The van der Waals surface area contributed by atoms with E-state index < -0.39 is 0 Å². The summed E-state index contributed by atoms with van der Waals surface area (Å²) >= 11 is 0. The third kappa shape index (κ3) is 2.75. The van der Waals surface area contributed by atoms with Crippen LogP contribution in [0.15, 0.2) is 59.4 Å². The number of pyridine rings is 2. The second-order valence-electron chi connectivity index (χ2n) is 7.97. The van der Waals surface area contributed by atoms with E-state index in [-0.39, 0.29) is 5.56 Å². The summed E-state index contributed by atoms with van der Waals surface area (Å²) in [6.45, 7) is 4.13. The highest BCUT2D eigenvalue weighted by atomic mass is 16.1. The van der Waals surface area contributed by atoms with E-state index in [0.29, 0.717) is 17.9 Å². The highest BCUT2D eigenvalue weighted by Gasteiger charge is 2.40. The van der Waals surface area contributed by atoms with Gasteiger partial charge in [0.25, 0.3) is 5.56 Å². The lowest BCUT2D eigenvalue weighted by Crippen LogP contribution is -2.49. The van der Waals surface area contributed by atoms with Crippen LogP contribution in [0.25, 0.3) is 10.9 Å². The fourth-order valence-electron chi connectivity index (χ4n) is 5.13. The standard InChI is InChI=1S/C23H25N3O/c1-2-6-20-17-13-18(21-9-5-10-23(27)26(20)21)15-25(14-17)22-12-11-16-7-3-4-8-19(16)24-22/h3-5,7-12,17-18,20H,2,6,13-15H2,1H3/t17-,18+,20-/m0/s1. The third-order valence-electron chi connectivity index (χ3n) is 6.29. The minimum Gasteiger partial charge on any atom is -0.356 e. The van der Waals surface area contributed by atoms with E-state index in [4.69, 9.17) is 4.98 Å². The molecule has 0 unspecified atom stereocenters. The van der Waals surface area contributed by atoms with Gasteiger partial charge in [0.05, 0.1) is 5.52 Å². The van der Waals surface area contributed by atoms with Gasteiger partial charge < -0.3 is 9.47 Å². The van der Waals surface area contributed by atoms with Crippen LogP contribution < -0.4 is 10.5 Å². The Morgan fingerprint density at radius 3 is 2.81 bits per heavy atom. The molecule has 0 N–H and O–H groups in total. The summed E-state index contributed by atoms with van der Waals surface area (Å²) in [4.78, 5) is 20.0. The number of aromatic nitrogens is 2. The molecule has 4 nitrogen and oxygen atoms in total. The van der Waals surface area contributed by atoms with E-state index in [1.165, 1.54) is 17.5 Å². The number of para-hydroxylation sites is 1. The zero-order chi connectivity index (χ0) is 18.4. The van der Waals surface area contributed by atoms with Crippen LogP contribution >= 0.6 is 0 Å². The molecule has 1 saturated heterocycles. The van der Waals surface area contributed by atoms with E-state index in [0.717, 1.165) is 37.3 Å². The highest BCUT2D eigenvalue weighted by Crippen LogP contribution is 2.43. The van der Waals surface area contributed by atoms with E-state index in [1.54, 1.807) is 6.07 Å². The SMILES string of the molecule is CCC[C@H]1[C@H]2C[C@H](CN(c3ccc4ccccc4n3)C2)c2cccc(=O)n21. The molecule has 1 aromatic carbocycles. The molecule has 2 aliphatic heterocycles. The first-order chi connectivity index (χ1) is 13.2. The van der Waals surface area contributed by atoms with Crippen LogP contribution in [0.4, 0.5) is 5.82 Å². The highest BCUT2D eigenvalue weighted by molar-refractivity contribution is 5.80. The summed E-state index contributed by atoms with van der Waals surface area (Å²) in [6, 6.07) is 18.7. The van der Waals surface area contributed by atoms with Gasteiger partial charge in [0.1, 0.15) is 5.82 Å². The van der Waals surface area contributed by atoms with Crippen LogP contribution in [0.1, 0.15) is 43.8 Å². The van der Waals surface area contributed by atoms with E-state index in [9.17, 15) is 4.79 Å². The van der Waals surface area contributed by atoms with Crippen molar-refractivity contribution >= 4 is 16.7 Å². The van der Waals surface area contributed by atoms with Crippen molar-refractivity contribution in [1.29, 1.82) is 0 Å². The van der Waals surface area contributed by atoms with Crippen LogP contribution in [-0.4, -0.2) is 22.6 Å². The van der Waals surface area contributed by atoms with Crippen molar-refractivity contribution in [2.45, 2.75) is 38.1 Å². The van der Waals surface area contributed by atoms with Gasteiger partial charge in [-0.1, -0.05) is 37.6 Å². The first kappa shape index (κ1) is 16.5. The zero-order valence-electron chi connectivity index (χ0n) is 15.7. The number of anilines is 1.